The summed E-state index contributed by atoms with van der Waals surface area (Å²) in [7, 11) is 0. The van der Waals surface area contributed by atoms with E-state index in [9.17, 15) is 4.79 Å². The summed E-state index contributed by atoms with van der Waals surface area (Å²) < 4.78 is 5.69. The van der Waals surface area contributed by atoms with Crippen molar-refractivity contribution in [1.82, 2.24) is 0 Å². The second-order valence-electron chi connectivity index (χ2n) is 7.71. The van der Waals surface area contributed by atoms with Crippen LogP contribution in [0.25, 0.3) is 0 Å². The first-order valence-electron chi connectivity index (χ1n) is 10.4. The van der Waals surface area contributed by atoms with Crippen LogP contribution in [-0.4, -0.2) is 18.5 Å². The smallest absolute Gasteiger partial charge is 0.191 e. The third-order valence-corrected chi connectivity index (χ3v) is 5.70. The Morgan fingerprint density at radius 2 is 1.72 bits per heavy atom. The van der Waals surface area contributed by atoms with Gasteiger partial charge in [-0.05, 0) is 56.4 Å². The van der Waals surface area contributed by atoms with Crippen molar-refractivity contribution in [2.75, 3.05) is 6.61 Å². The van der Waals surface area contributed by atoms with Gasteiger partial charge in [-0.1, -0.05) is 63.8 Å². The van der Waals surface area contributed by atoms with Gasteiger partial charge in [0.2, 0.25) is 0 Å². The van der Waals surface area contributed by atoms with Crippen LogP contribution in [0.1, 0.15) is 100 Å². The topological polar surface area (TPSA) is 26.3 Å². The maximum Gasteiger partial charge on any atom is 0.191 e. The number of carbonyl (C=O) groups excluding carboxylic acids is 1. The third kappa shape index (κ3) is 6.26. The number of hydrogen-bond acceptors (Lipinski definition) is 2. The highest BCUT2D eigenvalue weighted by Gasteiger charge is 2.22. The predicted molar refractivity (Wildman–Crippen MR) is 105 cm³/mol. The molecule has 1 aliphatic carbocycles. The minimum absolute atomic E-state index is 0.106. The summed E-state index contributed by atoms with van der Waals surface area (Å²) in [6.07, 6.45) is 11.1. The molecule has 1 unspecified atom stereocenters. The molecule has 140 valence electrons. The molecule has 0 heterocycles. The predicted octanol–water partition coefficient (Wildman–Crippen LogP) is 6.54. The second kappa shape index (κ2) is 10.8. The molecule has 2 nitrogen and oxygen atoms in total. The molecule has 2 heteroatoms. The summed E-state index contributed by atoms with van der Waals surface area (Å²) in [5.41, 5.74) is 2.19. The van der Waals surface area contributed by atoms with E-state index in [1.54, 1.807) is 0 Å². The van der Waals surface area contributed by atoms with Crippen LogP contribution in [0, 0.1) is 5.92 Å². The van der Waals surface area contributed by atoms with Crippen molar-refractivity contribution in [3.05, 3.63) is 35.4 Å². The van der Waals surface area contributed by atoms with Gasteiger partial charge in [0, 0.05) is 12.2 Å². The van der Waals surface area contributed by atoms with E-state index in [4.69, 9.17) is 4.74 Å². The number of rotatable bonds is 10. The SMILES string of the molecule is CCCCCOC(C)C(=O)c1ccc(C2CCC(CCC)CC2)cc1. The minimum atomic E-state index is -0.341. The molecule has 0 amide bonds. The number of unbranched alkanes of at least 4 members (excludes halogenated alkanes) is 2. The number of Topliss-reactive ketones (excluding diaryl/α,β-unsaturated/α-hetero) is 1. The van der Waals surface area contributed by atoms with Crippen molar-refractivity contribution in [2.45, 2.75) is 90.6 Å². The molecule has 1 saturated carbocycles. The third-order valence-electron chi connectivity index (χ3n) is 5.70. The van der Waals surface area contributed by atoms with E-state index in [0.717, 1.165) is 24.3 Å². The Balaban J connectivity index is 1.84. The first-order chi connectivity index (χ1) is 12.2. The molecule has 0 N–H and O–H groups in total. The Kier molecular flexibility index (Phi) is 8.67. The van der Waals surface area contributed by atoms with Gasteiger partial charge in [0.25, 0.3) is 0 Å². The molecule has 0 aliphatic heterocycles. The van der Waals surface area contributed by atoms with Crippen molar-refractivity contribution in [2.24, 2.45) is 5.92 Å². The number of benzene rings is 1. The van der Waals surface area contributed by atoms with Gasteiger partial charge in [-0.15, -0.1) is 0 Å². The molecule has 1 fully saturated rings. The molecular formula is C23H36O2. The van der Waals surface area contributed by atoms with Gasteiger partial charge < -0.3 is 4.74 Å². The minimum Gasteiger partial charge on any atom is -0.370 e. The van der Waals surface area contributed by atoms with Gasteiger partial charge in [-0.25, -0.2) is 0 Å². The van der Waals surface area contributed by atoms with E-state index in [-0.39, 0.29) is 11.9 Å². The lowest BCUT2D eigenvalue weighted by atomic mass is 9.77. The Labute approximate surface area is 154 Å². The fraction of sp³-hybridized carbons (Fsp3) is 0.696. The maximum atomic E-state index is 12.5. The van der Waals surface area contributed by atoms with Crippen LogP contribution >= 0.6 is 0 Å². The highest BCUT2D eigenvalue weighted by molar-refractivity contribution is 5.99. The first-order valence-corrected chi connectivity index (χ1v) is 10.4. The van der Waals surface area contributed by atoms with E-state index in [2.05, 4.69) is 26.0 Å². The number of ether oxygens (including phenoxy) is 1. The van der Waals surface area contributed by atoms with Crippen LogP contribution in [0.4, 0.5) is 0 Å². The molecule has 0 spiro atoms. The van der Waals surface area contributed by atoms with Crippen molar-refractivity contribution in [3.8, 4) is 0 Å². The zero-order valence-corrected chi connectivity index (χ0v) is 16.4. The van der Waals surface area contributed by atoms with Crippen molar-refractivity contribution >= 4 is 5.78 Å². The molecule has 0 bridgehead atoms. The zero-order chi connectivity index (χ0) is 18.1. The maximum absolute atomic E-state index is 12.5. The molecule has 1 atom stereocenters. The standard InChI is InChI=1S/C23H36O2/c1-4-6-7-17-25-18(3)23(24)22-15-13-21(14-16-22)20-11-9-19(8-5-2)10-12-20/h13-16,18-20H,4-12,17H2,1-3H3. The fourth-order valence-electron chi connectivity index (χ4n) is 4.03. The van der Waals surface area contributed by atoms with E-state index in [1.165, 1.54) is 50.5 Å². The van der Waals surface area contributed by atoms with Crippen molar-refractivity contribution in [3.63, 3.8) is 0 Å². The molecule has 1 aromatic carbocycles. The molecular weight excluding hydrogens is 308 g/mol. The quantitative estimate of drug-likeness (QED) is 0.356. The lowest BCUT2D eigenvalue weighted by Crippen LogP contribution is -2.21. The van der Waals surface area contributed by atoms with Crippen molar-refractivity contribution < 1.29 is 9.53 Å². The average Bonchev–Trinajstić information content (AvgIpc) is 2.65. The van der Waals surface area contributed by atoms with E-state index >= 15 is 0 Å². The lowest BCUT2D eigenvalue weighted by molar-refractivity contribution is 0.0465. The number of ketones is 1. The van der Waals surface area contributed by atoms with Crippen LogP contribution < -0.4 is 0 Å². The van der Waals surface area contributed by atoms with E-state index < -0.39 is 0 Å². The largest absolute Gasteiger partial charge is 0.370 e. The normalized spacial score (nSPS) is 21.9. The number of carbonyl (C=O) groups is 1. The van der Waals surface area contributed by atoms with Gasteiger partial charge in [0.05, 0.1) is 0 Å². The first kappa shape index (κ1) is 20.2. The van der Waals surface area contributed by atoms with Crippen LogP contribution in [0.5, 0.6) is 0 Å². The highest BCUT2D eigenvalue weighted by Crippen LogP contribution is 2.37. The van der Waals surface area contributed by atoms with E-state index in [0.29, 0.717) is 12.5 Å². The molecule has 0 aromatic heterocycles. The van der Waals surface area contributed by atoms with Gasteiger partial charge >= 0.3 is 0 Å². The van der Waals surface area contributed by atoms with Gasteiger partial charge in [-0.3, -0.25) is 4.79 Å². The van der Waals surface area contributed by atoms with Crippen LogP contribution in [0.15, 0.2) is 24.3 Å². The van der Waals surface area contributed by atoms with Crippen LogP contribution in [-0.2, 0) is 4.74 Å². The molecule has 2 rings (SSSR count). The van der Waals surface area contributed by atoms with Gasteiger partial charge in [0.1, 0.15) is 6.10 Å². The monoisotopic (exact) mass is 344 g/mol. The number of hydrogen-bond donors (Lipinski definition) is 0. The molecule has 0 radical (unpaired) electrons. The van der Waals surface area contributed by atoms with Gasteiger partial charge in [-0.2, -0.15) is 0 Å². The van der Waals surface area contributed by atoms with Crippen molar-refractivity contribution in [1.29, 1.82) is 0 Å². The van der Waals surface area contributed by atoms with E-state index in [1.807, 2.05) is 19.1 Å². The summed E-state index contributed by atoms with van der Waals surface area (Å²) in [5, 5.41) is 0. The molecule has 0 saturated heterocycles. The Hall–Kier alpha value is -1.15. The Morgan fingerprint density at radius 3 is 2.32 bits per heavy atom. The summed E-state index contributed by atoms with van der Waals surface area (Å²) in [4.78, 5) is 12.5. The summed E-state index contributed by atoms with van der Waals surface area (Å²) in [5.74, 6) is 1.72. The molecule has 25 heavy (non-hydrogen) atoms. The van der Waals surface area contributed by atoms with Crippen LogP contribution in [0.2, 0.25) is 0 Å². The average molecular weight is 345 g/mol. The van der Waals surface area contributed by atoms with Gasteiger partial charge in [0.15, 0.2) is 5.78 Å². The fourth-order valence-corrected chi connectivity index (χ4v) is 4.03. The summed E-state index contributed by atoms with van der Waals surface area (Å²) in [6, 6.07) is 8.34. The highest BCUT2D eigenvalue weighted by atomic mass is 16.5. The lowest BCUT2D eigenvalue weighted by Gasteiger charge is -2.28. The molecule has 1 aliphatic rings. The molecule has 1 aromatic rings. The summed E-state index contributed by atoms with van der Waals surface area (Å²) in [6.45, 7) is 7.01. The Morgan fingerprint density at radius 1 is 1.04 bits per heavy atom. The van der Waals surface area contributed by atoms with Crippen LogP contribution in [0.3, 0.4) is 0 Å². The second-order valence-corrected chi connectivity index (χ2v) is 7.71. The zero-order valence-electron chi connectivity index (χ0n) is 16.4. The Bertz CT molecular complexity index is 497. The summed E-state index contributed by atoms with van der Waals surface area (Å²) >= 11 is 0.